The Hall–Kier alpha value is -2.23. The highest BCUT2D eigenvalue weighted by Gasteiger charge is 2.35. The van der Waals surface area contributed by atoms with Gasteiger partial charge in [0.1, 0.15) is 22.8 Å². The number of carbonyl (C=O) groups is 3. The molecular weight excluding hydrogens is 396 g/mol. The number of hydrogen-bond acceptors (Lipinski definition) is 9. The number of carbonyl (C=O) groups excluding carboxylic acids is 3. The standard InChI is InChI=1S/C20H36N2O8/c1-18(2,3)28-15(23)12-21(13-16(24)29-19(4,5)6)14(10-11-22(26)27)17(25)30-20(7,8)9/h14H,10-13H2,1-9H3. The maximum absolute atomic E-state index is 12.8. The SMILES string of the molecule is CC(C)(C)OC(=O)CN(CC(=O)OC(C)(C)C)C(CC[N+](=O)[O-])C(=O)OC(C)(C)C. The molecule has 30 heavy (non-hydrogen) atoms. The minimum Gasteiger partial charge on any atom is -0.459 e. The number of nitro groups is 1. The van der Waals surface area contributed by atoms with Gasteiger partial charge in [0.05, 0.1) is 13.1 Å². The molecule has 0 fully saturated rings. The van der Waals surface area contributed by atoms with Crippen molar-refractivity contribution >= 4 is 17.9 Å². The van der Waals surface area contributed by atoms with Crippen LogP contribution in [0.3, 0.4) is 0 Å². The highest BCUT2D eigenvalue weighted by molar-refractivity contribution is 5.80. The van der Waals surface area contributed by atoms with Gasteiger partial charge in [-0.15, -0.1) is 0 Å². The number of rotatable bonds is 9. The molecule has 10 nitrogen and oxygen atoms in total. The fourth-order valence-corrected chi connectivity index (χ4v) is 2.40. The molecule has 0 aliphatic rings. The molecule has 0 rings (SSSR count). The Bertz CT molecular complexity index is 596. The molecule has 0 saturated carbocycles. The van der Waals surface area contributed by atoms with Crippen LogP contribution in [0, 0.1) is 10.1 Å². The second-order valence-electron chi connectivity index (χ2n) is 9.97. The topological polar surface area (TPSA) is 125 Å². The summed E-state index contributed by atoms with van der Waals surface area (Å²) < 4.78 is 15.9. The average molecular weight is 433 g/mol. The lowest BCUT2D eigenvalue weighted by molar-refractivity contribution is -0.481. The molecule has 174 valence electrons. The summed E-state index contributed by atoms with van der Waals surface area (Å²) in [6.07, 6.45) is -0.243. The molecule has 0 aliphatic heterocycles. The predicted molar refractivity (Wildman–Crippen MR) is 109 cm³/mol. The van der Waals surface area contributed by atoms with Gasteiger partial charge < -0.3 is 14.2 Å². The Morgan fingerprint density at radius 2 is 1.17 bits per heavy atom. The van der Waals surface area contributed by atoms with Crippen LogP contribution in [0.15, 0.2) is 0 Å². The summed E-state index contributed by atoms with van der Waals surface area (Å²) in [7, 11) is 0. The van der Waals surface area contributed by atoms with E-state index in [1.807, 2.05) is 0 Å². The van der Waals surface area contributed by atoms with Crippen molar-refractivity contribution in [3.8, 4) is 0 Å². The van der Waals surface area contributed by atoms with E-state index in [0.29, 0.717) is 0 Å². The minimum absolute atomic E-state index is 0.243. The fraction of sp³-hybridized carbons (Fsp3) is 0.850. The summed E-state index contributed by atoms with van der Waals surface area (Å²) >= 11 is 0. The zero-order chi connectivity index (χ0) is 23.9. The lowest BCUT2D eigenvalue weighted by atomic mass is 10.1. The van der Waals surface area contributed by atoms with E-state index >= 15 is 0 Å². The van der Waals surface area contributed by atoms with Gasteiger partial charge >= 0.3 is 17.9 Å². The molecule has 0 aromatic carbocycles. The van der Waals surface area contributed by atoms with Crippen LogP contribution >= 0.6 is 0 Å². The second-order valence-corrected chi connectivity index (χ2v) is 9.97. The third-order valence-electron chi connectivity index (χ3n) is 3.21. The van der Waals surface area contributed by atoms with Gasteiger partial charge in [-0.05, 0) is 62.3 Å². The molecule has 0 heterocycles. The van der Waals surface area contributed by atoms with E-state index in [9.17, 15) is 24.5 Å². The maximum Gasteiger partial charge on any atom is 0.324 e. The van der Waals surface area contributed by atoms with Crippen molar-refractivity contribution in [2.24, 2.45) is 0 Å². The largest absolute Gasteiger partial charge is 0.459 e. The van der Waals surface area contributed by atoms with Crippen LogP contribution in [-0.4, -0.2) is 70.2 Å². The van der Waals surface area contributed by atoms with Gasteiger partial charge in [-0.25, -0.2) is 0 Å². The molecule has 0 aromatic rings. The van der Waals surface area contributed by atoms with Crippen LogP contribution in [0.25, 0.3) is 0 Å². The van der Waals surface area contributed by atoms with Crippen LogP contribution in [0.5, 0.6) is 0 Å². The van der Waals surface area contributed by atoms with Gasteiger partial charge in [-0.1, -0.05) is 0 Å². The monoisotopic (exact) mass is 432 g/mol. The molecule has 0 aliphatic carbocycles. The van der Waals surface area contributed by atoms with E-state index in [2.05, 4.69) is 0 Å². The van der Waals surface area contributed by atoms with E-state index in [1.54, 1.807) is 62.3 Å². The van der Waals surface area contributed by atoms with Crippen molar-refractivity contribution in [1.29, 1.82) is 0 Å². The lowest BCUT2D eigenvalue weighted by Gasteiger charge is -2.32. The van der Waals surface area contributed by atoms with Crippen LogP contribution in [0.4, 0.5) is 0 Å². The Balaban J connectivity index is 5.78. The summed E-state index contributed by atoms with van der Waals surface area (Å²) in [5.41, 5.74) is -2.42. The smallest absolute Gasteiger partial charge is 0.324 e. The summed E-state index contributed by atoms with van der Waals surface area (Å²) in [6, 6.07) is -1.20. The Kier molecular flexibility index (Phi) is 9.90. The van der Waals surface area contributed by atoms with Crippen molar-refractivity contribution in [2.45, 2.75) is 91.6 Å². The lowest BCUT2D eigenvalue weighted by Crippen LogP contribution is -2.50. The summed E-state index contributed by atoms with van der Waals surface area (Å²) in [6.45, 7) is 13.6. The Morgan fingerprint density at radius 1 is 0.800 bits per heavy atom. The normalized spacial score (nSPS) is 13.5. The fourth-order valence-electron chi connectivity index (χ4n) is 2.40. The van der Waals surface area contributed by atoms with Crippen LogP contribution < -0.4 is 0 Å². The van der Waals surface area contributed by atoms with Crippen molar-refractivity contribution in [2.75, 3.05) is 19.6 Å². The molecule has 0 N–H and O–H groups in total. The zero-order valence-corrected chi connectivity index (χ0v) is 19.6. The second kappa shape index (κ2) is 10.7. The molecule has 0 radical (unpaired) electrons. The van der Waals surface area contributed by atoms with Crippen LogP contribution in [0.1, 0.15) is 68.7 Å². The number of nitrogens with zero attached hydrogens (tertiary/aromatic N) is 2. The van der Waals surface area contributed by atoms with E-state index in [0.717, 1.165) is 0 Å². The summed E-state index contributed by atoms with van der Waals surface area (Å²) in [5.74, 6) is -2.13. The molecular formula is C20H36N2O8. The van der Waals surface area contributed by atoms with Crippen molar-refractivity contribution in [1.82, 2.24) is 4.90 Å². The molecule has 0 aromatic heterocycles. The third-order valence-corrected chi connectivity index (χ3v) is 3.21. The molecule has 0 saturated heterocycles. The number of hydrogen-bond donors (Lipinski definition) is 0. The minimum atomic E-state index is -1.20. The first kappa shape index (κ1) is 27.8. The van der Waals surface area contributed by atoms with E-state index < -0.39 is 65.3 Å². The van der Waals surface area contributed by atoms with E-state index in [4.69, 9.17) is 14.2 Å². The highest BCUT2D eigenvalue weighted by atomic mass is 16.6. The zero-order valence-electron chi connectivity index (χ0n) is 19.6. The average Bonchev–Trinajstić information content (AvgIpc) is 2.40. The van der Waals surface area contributed by atoms with Crippen LogP contribution in [0.2, 0.25) is 0 Å². The van der Waals surface area contributed by atoms with Crippen LogP contribution in [-0.2, 0) is 28.6 Å². The Labute approximate surface area is 178 Å². The number of esters is 3. The molecule has 1 unspecified atom stereocenters. The van der Waals surface area contributed by atoms with Gasteiger partial charge in [-0.2, -0.15) is 0 Å². The maximum atomic E-state index is 12.8. The van der Waals surface area contributed by atoms with Gasteiger partial charge in [-0.3, -0.25) is 29.4 Å². The van der Waals surface area contributed by atoms with Gasteiger partial charge in [0, 0.05) is 11.3 Å². The van der Waals surface area contributed by atoms with E-state index in [-0.39, 0.29) is 6.42 Å². The first-order valence-corrected chi connectivity index (χ1v) is 9.81. The first-order valence-electron chi connectivity index (χ1n) is 9.81. The van der Waals surface area contributed by atoms with Gasteiger partial charge in [0.2, 0.25) is 6.54 Å². The highest BCUT2D eigenvalue weighted by Crippen LogP contribution is 2.17. The Morgan fingerprint density at radius 3 is 1.47 bits per heavy atom. The first-order chi connectivity index (χ1) is 13.3. The number of ether oxygens (including phenoxy) is 3. The van der Waals surface area contributed by atoms with E-state index in [1.165, 1.54) is 4.90 Å². The van der Waals surface area contributed by atoms with Gasteiger partial charge in [0.25, 0.3) is 0 Å². The summed E-state index contributed by atoms with van der Waals surface area (Å²) in [4.78, 5) is 49.1. The molecule has 0 amide bonds. The third kappa shape index (κ3) is 13.9. The van der Waals surface area contributed by atoms with Crippen molar-refractivity contribution < 1.29 is 33.5 Å². The van der Waals surface area contributed by atoms with Crippen molar-refractivity contribution in [3.63, 3.8) is 0 Å². The molecule has 0 spiro atoms. The molecule has 1 atom stereocenters. The summed E-state index contributed by atoms with van der Waals surface area (Å²) in [5, 5.41) is 10.9. The van der Waals surface area contributed by atoms with Crippen molar-refractivity contribution in [3.05, 3.63) is 10.1 Å². The molecule has 10 heteroatoms. The molecule has 0 bridgehead atoms. The predicted octanol–water partition coefficient (Wildman–Crippen LogP) is 2.35. The quantitative estimate of drug-likeness (QED) is 0.233. The van der Waals surface area contributed by atoms with Gasteiger partial charge in [0.15, 0.2) is 0 Å².